The van der Waals surface area contributed by atoms with Crippen molar-refractivity contribution in [3.05, 3.63) is 17.5 Å². The molecule has 9 heavy (non-hydrogen) atoms. The van der Waals surface area contributed by atoms with Crippen LogP contribution in [-0.2, 0) is 0 Å². The first-order valence-corrected chi connectivity index (χ1v) is 3.22. The van der Waals surface area contributed by atoms with Gasteiger partial charge in [0, 0.05) is 6.20 Å². The van der Waals surface area contributed by atoms with E-state index in [0.29, 0.717) is 5.92 Å². The van der Waals surface area contributed by atoms with Crippen LogP contribution in [0.1, 0.15) is 31.0 Å². The van der Waals surface area contributed by atoms with Crippen molar-refractivity contribution in [2.75, 3.05) is 0 Å². The Morgan fingerprint density at radius 1 is 1.56 bits per heavy atom. The van der Waals surface area contributed by atoms with Gasteiger partial charge in [0.15, 0.2) is 0 Å². The predicted molar refractivity (Wildman–Crippen MR) is 37.4 cm³/mol. The van der Waals surface area contributed by atoms with Crippen molar-refractivity contribution >= 4 is 0 Å². The van der Waals surface area contributed by atoms with Gasteiger partial charge in [-0.3, -0.25) is 5.10 Å². The van der Waals surface area contributed by atoms with E-state index in [1.54, 1.807) is 0 Å². The Hall–Kier alpha value is -0.790. The molecular formula is C7H12N2. The average Bonchev–Trinajstić information content (AvgIpc) is 2.13. The molecule has 0 unspecified atom stereocenters. The number of rotatable bonds is 1. The molecule has 0 atom stereocenters. The van der Waals surface area contributed by atoms with Crippen molar-refractivity contribution in [1.82, 2.24) is 10.2 Å². The molecule has 2 nitrogen and oxygen atoms in total. The summed E-state index contributed by atoms with van der Waals surface area (Å²) in [6, 6.07) is 0. The third kappa shape index (κ3) is 1.12. The van der Waals surface area contributed by atoms with Crippen molar-refractivity contribution in [3.8, 4) is 0 Å². The molecule has 1 rings (SSSR count). The highest BCUT2D eigenvalue weighted by molar-refractivity contribution is 5.16. The minimum atomic E-state index is 0.538. The summed E-state index contributed by atoms with van der Waals surface area (Å²) in [6.07, 6.45) is 1.93. The fraction of sp³-hybridized carbons (Fsp3) is 0.571. The summed E-state index contributed by atoms with van der Waals surface area (Å²) in [7, 11) is 0. The lowest BCUT2D eigenvalue weighted by Gasteiger charge is -1.98. The maximum absolute atomic E-state index is 4.09. The normalized spacial score (nSPS) is 10.7. The Balaban J connectivity index is 2.94. The summed E-state index contributed by atoms with van der Waals surface area (Å²) in [5.74, 6) is 0.538. The highest BCUT2D eigenvalue weighted by Gasteiger charge is 2.03. The van der Waals surface area contributed by atoms with Crippen LogP contribution in [0.2, 0.25) is 0 Å². The zero-order chi connectivity index (χ0) is 6.85. The van der Waals surface area contributed by atoms with Gasteiger partial charge in [0.25, 0.3) is 0 Å². The van der Waals surface area contributed by atoms with E-state index in [2.05, 4.69) is 31.0 Å². The van der Waals surface area contributed by atoms with Gasteiger partial charge in [-0.25, -0.2) is 0 Å². The van der Waals surface area contributed by atoms with Crippen LogP contribution in [0.15, 0.2) is 6.20 Å². The smallest absolute Gasteiger partial charge is 0.0676 e. The van der Waals surface area contributed by atoms with Gasteiger partial charge >= 0.3 is 0 Å². The first-order valence-electron chi connectivity index (χ1n) is 3.22. The van der Waals surface area contributed by atoms with Gasteiger partial charge in [-0.05, 0) is 18.4 Å². The molecule has 0 bridgehead atoms. The minimum Gasteiger partial charge on any atom is -0.285 e. The van der Waals surface area contributed by atoms with Crippen molar-refractivity contribution in [3.63, 3.8) is 0 Å². The highest BCUT2D eigenvalue weighted by atomic mass is 15.1. The van der Waals surface area contributed by atoms with Gasteiger partial charge in [-0.15, -0.1) is 0 Å². The molecule has 0 aliphatic carbocycles. The first-order chi connectivity index (χ1) is 4.22. The number of aromatic nitrogens is 2. The first kappa shape index (κ1) is 6.33. The Morgan fingerprint density at radius 3 is 2.44 bits per heavy atom. The van der Waals surface area contributed by atoms with Crippen LogP contribution in [0.25, 0.3) is 0 Å². The monoisotopic (exact) mass is 124 g/mol. The van der Waals surface area contributed by atoms with Crippen LogP contribution in [0, 0.1) is 6.92 Å². The summed E-state index contributed by atoms with van der Waals surface area (Å²) < 4.78 is 0. The molecule has 50 valence electrons. The zero-order valence-corrected chi connectivity index (χ0v) is 6.10. The van der Waals surface area contributed by atoms with Gasteiger partial charge < -0.3 is 0 Å². The molecule has 1 heterocycles. The molecule has 0 aromatic carbocycles. The molecule has 2 heteroatoms. The molecule has 0 aliphatic rings. The third-order valence-electron chi connectivity index (χ3n) is 1.42. The molecule has 1 aromatic heterocycles. The number of aromatic amines is 1. The van der Waals surface area contributed by atoms with E-state index in [1.165, 1.54) is 11.3 Å². The fourth-order valence-corrected chi connectivity index (χ4v) is 0.945. The van der Waals surface area contributed by atoms with E-state index in [9.17, 15) is 0 Å². The van der Waals surface area contributed by atoms with Crippen LogP contribution >= 0.6 is 0 Å². The number of hydrogen-bond donors (Lipinski definition) is 1. The van der Waals surface area contributed by atoms with Crippen LogP contribution in [0.4, 0.5) is 0 Å². The van der Waals surface area contributed by atoms with Crippen molar-refractivity contribution in [1.29, 1.82) is 0 Å². The van der Waals surface area contributed by atoms with Crippen LogP contribution in [0.5, 0.6) is 0 Å². The summed E-state index contributed by atoms with van der Waals surface area (Å²) >= 11 is 0. The third-order valence-corrected chi connectivity index (χ3v) is 1.42. The molecule has 0 amide bonds. The Morgan fingerprint density at radius 2 is 2.22 bits per heavy atom. The maximum atomic E-state index is 4.09. The molecule has 0 radical (unpaired) electrons. The lowest BCUT2D eigenvalue weighted by molar-refractivity contribution is 0.804. The van der Waals surface area contributed by atoms with Crippen molar-refractivity contribution in [2.45, 2.75) is 26.7 Å². The van der Waals surface area contributed by atoms with Crippen molar-refractivity contribution < 1.29 is 0 Å². The zero-order valence-electron chi connectivity index (χ0n) is 6.10. The second-order valence-corrected chi connectivity index (χ2v) is 2.61. The van der Waals surface area contributed by atoms with E-state index < -0.39 is 0 Å². The number of nitrogens with zero attached hydrogens (tertiary/aromatic N) is 1. The number of H-pyrrole nitrogens is 1. The average molecular weight is 124 g/mol. The van der Waals surface area contributed by atoms with Gasteiger partial charge in [0.1, 0.15) is 0 Å². The van der Waals surface area contributed by atoms with E-state index in [0.717, 1.165) is 0 Å². The topological polar surface area (TPSA) is 28.7 Å². The van der Waals surface area contributed by atoms with Crippen LogP contribution < -0.4 is 0 Å². The van der Waals surface area contributed by atoms with E-state index in [1.807, 2.05) is 6.20 Å². The van der Waals surface area contributed by atoms with E-state index in [4.69, 9.17) is 0 Å². The maximum Gasteiger partial charge on any atom is 0.0676 e. The fourth-order valence-electron chi connectivity index (χ4n) is 0.945. The Labute approximate surface area is 55.3 Å². The minimum absolute atomic E-state index is 0.538. The van der Waals surface area contributed by atoms with Crippen LogP contribution in [0.3, 0.4) is 0 Å². The largest absolute Gasteiger partial charge is 0.285 e. The van der Waals surface area contributed by atoms with Gasteiger partial charge in [-0.1, -0.05) is 13.8 Å². The molecule has 1 aromatic rings. The molecule has 0 saturated carbocycles. The summed E-state index contributed by atoms with van der Waals surface area (Å²) in [6.45, 7) is 6.35. The Bertz CT molecular complexity index is 189. The quantitative estimate of drug-likeness (QED) is 0.608. The number of aryl methyl sites for hydroxylation is 1. The standard InChI is InChI=1S/C7H12N2/c1-5(2)7-6(3)4-8-9-7/h4-5H,1-3H3,(H,8,9). The summed E-state index contributed by atoms with van der Waals surface area (Å²) in [4.78, 5) is 0. The highest BCUT2D eigenvalue weighted by Crippen LogP contribution is 2.13. The second kappa shape index (κ2) is 2.21. The molecule has 1 N–H and O–H groups in total. The lowest BCUT2D eigenvalue weighted by atomic mass is 10.1. The molecular weight excluding hydrogens is 112 g/mol. The second-order valence-electron chi connectivity index (χ2n) is 2.61. The molecule has 0 aliphatic heterocycles. The molecule has 0 saturated heterocycles. The summed E-state index contributed by atoms with van der Waals surface area (Å²) in [5.41, 5.74) is 2.43. The number of hydrogen-bond acceptors (Lipinski definition) is 1. The Kier molecular flexibility index (Phi) is 1.56. The van der Waals surface area contributed by atoms with Gasteiger partial charge in [0.2, 0.25) is 0 Å². The van der Waals surface area contributed by atoms with Gasteiger partial charge in [0.05, 0.1) is 5.69 Å². The van der Waals surface area contributed by atoms with E-state index >= 15 is 0 Å². The van der Waals surface area contributed by atoms with Gasteiger partial charge in [-0.2, -0.15) is 5.10 Å². The number of nitrogens with one attached hydrogen (secondary N) is 1. The van der Waals surface area contributed by atoms with Crippen molar-refractivity contribution in [2.24, 2.45) is 0 Å². The molecule has 0 spiro atoms. The SMILES string of the molecule is Cc1c[nH]nc1C(C)C. The lowest BCUT2D eigenvalue weighted by Crippen LogP contribution is -1.89. The molecule has 0 fully saturated rings. The van der Waals surface area contributed by atoms with E-state index in [-0.39, 0.29) is 0 Å². The summed E-state index contributed by atoms with van der Waals surface area (Å²) in [5, 5.41) is 6.92. The van der Waals surface area contributed by atoms with Crippen LogP contribution in [-0.4, -0.2) is 10.2 Å². The predicted octanol–water partition coefficient (Wildman–Crippen LogP) is 1.84.